The van der Waals surface area contributed by atoms with Crippen LogP contribution in [-0.4, -0.2) is 29.5 Å². The Morgan fingerprint density at radius 3 is 2.62 bits per heavy atom. The Hall–Kier alpha value is -2.64. The van der Waals surface area contributed by atoms with Crippen LogP contribution in [-0.2, 0) is 17.6 Å². The molecule has 0 aliphatic heterocycles. The zero-order valence-electron chi connectivity index (χ0n) is 16.3. The molecule has 1 aromatic heterocycles. The number of carbonyl (C=O) groups is 2. The van der Waals surface area contributed by atoms with Crippen molar-refractivity contribution in [1.29, 1.82) is 0 Å². The summed E-state index contributed by atoms with van der Waals surface area (Å²) in [5.74, 6) is 0.846. The van der Waals surface area contributed by atoms with E-state index in [9.17, 15) is 9.59 Å². The normalized spacial score (nSPS) is 10.6. The van der Waals surface area contributed by atoms with Crippen LogP contribution in [0, 0.1) is 0 Å². The van der Waals surface area contributed by atoms with Gasteiger partial charge in [0.25, 0.3) is 0 Å². The number of para-hydroxylation sites is 2. The van der Waals surface area contributed by atoms with Crippen LogP contribution in [0.1, 0.15) is 28.5 Å². The minimum atomic E-state index is -0.163. The predicted molar refractivity (Wildman–Crippen MR) is 118 cm³/mol. The Balaban J connectivity index is 1.52. The van der Waals surface area contributed by atoms with Gasteiger partial charge in [0.1, 0.15) is 5.75 Å². The largest absolute Gasteiger partial charge is 0.495 e. The molecule has 5 nitrogen and oxygen atoms in total. The second kappa shape index (κ2) is 10.2. The molecular formula is C22H22N2O3S2. The van der Waals surface area contributed by atoms with E-state index in [1.807, 2.05) is 41.8 Å². The fraction of sp³-hybridized carbons (Fsp3) is 0.227. The number of nitrogens with one attached hydrogen (secondary N) is 1. The number of thioether (sulfide) groups is 1. The number of rotatable bonds is 9. The summed E-state index contributed by atoms with van der Waals surface area (Å²) in [6.07, 6.45) is 1.12. The van der Waals surface area contributed by atoms with Gasteiger partial charge in [0.2, 0.25) is 5.91 Å². The first-order valence-electron chi connectivity index (χ1n) is 9.21. The number of methoxy groups -OCH3 is 1. The molecule has 0 saturated carbocycles. The summed E-state index contributed by atoms with van der Waals surface area (Å²) in [4.78, 5) is 29.1. The smallest absolute Gasteiger partial charge is 0.230 e. The highest BCUT2D eigenvalue weighted by Crippen LogP contribution is 2.25. The van der Waals surface area contributed by atoms with E-state index in [-0.39, 0.29) is 18.1 Å². The highest BCUT2D eigenvalue weighted by Gasteiger charge is 2.12. The topological polar surface area (TPSA) is 68.3 Å². The summed E-state index contributed by atoms with van der Waals surface area (Å²) in [6, 6.07) is 15.0. The molecule has 7 heteroatoms. The molecule has 1 N–H and O–H groups in total. The van der Waals surface area contributed by atoms with Gasteiger partial charge in [0, 0.05) is 10.9 Å². The van der Waals surface area contributed by atoms with E-state index in [1.54, 1.807) is 19.2 Å². The third-order valence-corrected chi connectivity index (χ3v) is 6.33. The molecule has 0 aliphatic rings. The summed E-state index contributed by atoms with van der Waals surface area (Å²) in [5, 5.41) is 4.69. The van der Waals surface area contributed by atoms with Crippen LogP contribution < -0.4 is 10.1 Å². The lowest BCUT2D eigenvalue weighted by molar-refractivity contribution is -0.115. The highest BCUT2D eigenvalue weighted by molar-refractivity contribution is 8.01. The van der Waals surface area contributed by atoms with Crippen LogP contribution in [0.25, 0.3) is 0 Å². The Morgan fingerprint density at radius 1 is 1.14 bits per heavy atom. The molecule has 150 valence electrons. The lowest BCUT2D eigenvalue weighted by Gasteiger charge is -2.08. The molecule has 0 unspecified atom stereocenters. The number of amides is 1. The number of anilines is 1. The zero-order chi connectivity index (χ0) is 20.6. The summed E-state index contributed by atoms with van der Waals surface area (Å²) in [7, 11) is 1.56. The fourth-order valence-corrected chi connectivity index (χ4v) is 4.42. The van der Waals surface area contributed by atoms with Gasteiger partial charge in [0.15, 0.2) is 10.1 Å². The first-order valence-corrected chi connectivity index (χ1v) is 11.1. The predicted octanol–water partition coefficient (Wildman–Crippen LogP) is 4.87. The van der Waals surface area contributed by atoms with Crippen molar-refractivity contribution >= 4 is 40.5 Å². The summed E-state index contributed by atoms with van der Waals surface area (Å²) >= 11 is 2.84. The Morgan fingerprint density at radius 2 is 1.90 bits per heavy atom. The molecule has 0 fully saturated rings. The second-order valence-electron chi connectivity index (χ2n) is 6.29. The first-order chi connectivity index (χ1) is 14.1. The minimum absolute atomic E-state index is 0.0725. The van der Waals surface area contributed by atoms with Gasteiger partial charge >= 0.3 is 0 Å². The van der Waals surface area contributed by atoms with Crippen LogP contribution >= 0.6 is 23.1 Å². The van der Waals surface area contributed by atoms with Crippen molar-refractivity contribution in [3.63, 3.8) is 0 Å². The van der Waals surface area contributed by atoms with Crippen molar-refractivity contribution in [2.75, 3.05) is 18.2 Å². The van der Waals surface area contributed by atoms with Crippen LogP contribution in [0.5, 0.6) is 5.75 Å². The van der Waals surface area contributed by atoms with Crippen LogP contribution in [0.2, 0.25) is 0 Å². The second-order valence-corrected chi connectivity index (χ2v) is 8.37. The van der Waals surface area contributed by atoms with Gasteiger partial charge in [-0.3, -0.25) is 9.59 Å². The van der Waals surface area contributed by atoms with E-state index in [4.69, 9.17) is 4.74 Å². The van der Waals surface area contributed by atoms with Gasteiger partial charge in [-0.2, -0.15) is 0 Å². The van der Waals surface area contributed by atoms with Crippen molar-refractivity contribution in [3.05, 3.63) is 70.7 Å². The molecule has 3 aromatic rings. The minimum Gasteiger partial charge on any atom is -0.495 e. The molecule has 29 heavy (non-hydrogen) atoms. The SMILES string of the molecule is CCc1ccc(C(=O)CSc2nc(CC(=O)Nc3ccccc3OC)cs2)cc1. The lowest BCUT2D eigenvalue weighted by Crippen LogP contribution is -2.15. The summed E-state index contributed by atoms with van der Waals surface area (Å²) in [6.45, 7) is 2.09. The van der Waals surface area contributed by atoms with E-state index in [1.165, 1.54) is 28.7 Å². The molecule has 1 heterocycles. The number of aryl methyl sites for hydroxylation is 1. The number of nitrogens with zero attached hydrogens (tertiary/aromatic N) is 1. The number of ketones is 1. The average molecular weight is 427 g/mol. The van der Waals surface area contributed by atoms with Crippen molar-refractivity contribution in [3.8, 4) is 5.75 Å². The van der Waals surface area contributed by atoms with E-state index in [0.29, 0.717) is 28.4 Å². The maximum Gasteiger partial charge on any atom is 0.230 e. The van der Waals surface area contributed by atoms with Gasteiger partial charge in [-0.05, 0) is 24.1 Å². The molecule has 0 saturated heterocycles. The third kappa shape index (κ3) is 5.92. The van der Waals surface area contributed by atoms with Crippen LogP contribution in [0.3, 0.4) is 0 Å². The number of hydrogen-bond acceptors (Lipinski definition) is 6. The number of hydrogen-bond donors (Lipinski definition) is 1. The number of thiazole rings is 1. The van der Waals surface area contributed by atoms with Gasteiger partial charge < -0.3 is 10.1 Å². The first kappa shape index (κ1) is 21.1. The van der Waals surface area contributed by atoms with Gasteiger partial charge in [-0.1, -0.05) is 55.1 Å². The quantitative estimate of drug-likeness (QED) is 0.390. The maximum absolute atomic E-state index is 12.3. The molecule has 0 aliphatic carbocycles. The molecular weight excluding hydrogens is 404 g/mol. The lowest BCUT2D eigenvalue weighted by atomic mass is 10.1. The zero-order valence-corrected chi connectivity index (χ0v) is 17.9. The molecule has 0 atom stereocenters. The van der Waals surface area contributed by atoms with Crippen molar-refractivity contribution in [2.24, 2.45) is 0 Å². The maximum atomic E-state index is 12.3. The summed E-state index contributed by atoms with van der Waals surface area (Å²) in [5.41, 5.74) is 3.24. The molecule has 0 spiro atoms. The van der Waals surface area contributed by atoms with Gasteiger partial charge in [-0.15, -0.1) is 11.3 Å². The number of ether oxygens (including phenoxy) is 1. The number of Topliss-reactive ketones (excluding diaryl/α,β-unsaturated/α-hetero) is 1. The van der Waals surface area contributed by atoms with E-state index in [0.717, 1.165) is 10.8 Å². The molecule has 1 amide bonds. The standard InChI is InChI=1S/C22H22N2O3S2/c1-3-15-8-10-16(11-9-15)19(25)14-29-22-23-17(13-28-22)12-21(26)24-18-6-4-5-7-20(18)27-2/h4-11,13H,3,12,14H2,1-2H3,(H,24,26). The Kier molecular flexibility index (Phi) is 7.43. The Labute approximate surface area is 178 Å². The number of carbonyl (C=O) groups excluding carboxylic acids is 2. The molecule has 0 radical (unpaired) electrons. The van der Waals surface area contributed by atoms with Crippen LogP contribution in [0.15, 0.2) is 58.3 Å². The van der Waals surface area contributed by atoms with E-state index >= 15 is 0 Å². The number of benzene rings is 2. The highest BCUT2D eigenvalue weighted by atomic mass is 32.2. The van der Waals surface area contributed by atoms with Gasteiger partial charge in [0.05, 0.1) is 30.7 Å². The number of aromatic nitrogens is 1. The average Bonchev–Trinajstić information content (AvgIpc) is 3.19. The monoisotopic (exact) mass is 426 g/mol. The molecule has 0 bridgehead atoms. The van der Waals surface area contributed by atoms with Crippen molar-refractivity contribution in [1.82, 2.24) is 4.98 Å². The van der Waals surface area contributed by atoms with Crippen LogP contribution in [0.4, 0.5) is 5.69 Å². The van der Waals surface area contributed by atoms with Gasteiger partial charge in [-0.25, -0.2) is 4.98 Å². The molecule has 2 aromatic carbocycles. The van der Waals surface area contributed by atoms with Crippen molar-refractivity contribution in [2.45, 2.75) is 24.1 Å². The fourth-order valence-electron chi connectivity index (χ4n) is 2.68. The third-order valence-electron chi connectivity index (χ3n) is 4.26. The molecule has 3 rings (SSSR count). The van der Waals surface area contributed by atoms with E-state index < -0.39 is 0 Å². The van der Waals surface area contributed by atoms with E-state index in [2.05, 4.69) is 17.2 Å². The Bertz CT molecular complexity index is 984. The van der Waals surface area contributed by atoms with Crippen molar-refractivity contribution < 1.29 is 14.3 Å². The summed E-state index contributed by atoms with van der Waals surface area (Å²) < 4.78 is 6.02.